The molecule has 2 aromatic heterocycles. The van der Waals surface area contributed by atoms with Crippen molar-refractivity contribution in [2.24, 2.45) is 0 Å². The summed E-state index contributed by atoms with van der Waals surface area (Å²) < 4.78 is 10.7. The molecule has 5 rings (SSSR count). The van der Waals surface area contributed by atoms with Crippen molar-refractivity contribution < 1.29 is 9.05 Å². The molecular formula is C22H20N4O2. The first-order chi connectivity index (χ1) is 13.8. The zero-order chi connectivity index (χ0) is 18.9. The Labute approximate surface area is 162 Å². The molecule has 140 valence electrons. The van der Waals surface area contributed by atoms with E-state index in [1.165, 1.54) is 11.1 Å². The number of fused-ring (bicyclic) bond motifs is 1. The van der Waals surface area contributed by atoms with Crippen molar-refractivity contribution >= 4 is 0 Å². The standard InChI is InChI=1S/C22H20N4O2/c1-15-23-21(24-27-15)14-26-12-11-20-19(13-26)22(25-28-20)18-9-7-17(8-10-18)16-5-3-2-4-6-16/h2-10H,11-14H2,1H3. The van der Waals surface area contributed by atoms with Crippen molar-refractivity contribution in [2.45, 2.75) is 26.4 Å². The summed E-state index contributed by atoms with van der Waals surface area (Å²) in [5.74, 6) is 2.28. The quantitative estimate of drug-likeness (QED) is 0.533. The highest BCUT2D eigenvalue weighted by molar-refractivity contribution is 5.70. The van der Waals surface area contributed by atoms with Crippen molar-refractivity contribution in [2.75, 3.05) is 6.54 Å². The second-order valence-electron chi connectivity index (χ2n) is 7.07. The van der Waals surface area contributed by atoms with Crippen molar-refractivity contribution in [3.05, 3.63) is 77.6 Å². The van der Waals surface area contributed by atoms with Crippen molar-refractivity contribution in [3.63, 3.8) is 0 Å². The summed E-state index contributed by atoms with van der Waals surface area (Å²) >= 11 is 0. The van der Waals surface area contributed by atoms with Crippen LogP contribution in [0.15, 0.2) is 63.6 Å². The molecule has 3 heterocycles. The smallest absolute Gasteiger partial charge is 0.223 e. The van der Waals surface area contributed by atoms with E-state index in [0.29, 0.717) is 18.3 Å². The SMILES string of the molecule is Cc1nc(CN2CCc3onc(-c4ccc(-c5ccccc5)cc4)c3C2)no1. The predicted molar refractivity (Wildman–Crippen MR) is 104 cm³/mol. The highest BCUT2D eigenvalue weighted by Gasteiger charge is 2.25. The van der Waals surface area contributed by atoms with E-state index in [0.717, 1.165) is 42.1 Å². The van der Waals surface area contributed by atoms with E-state index >= 15 is 0 Å². The van der Waals surface area contributed by atoms with Crippen LogP contribution in [0.25, 0.3) is 22.4 Å². The molecule has 0 atom stereocenters. The number of hydrogen-bond donors (Lipinski definition) is 0. The molecule has 0 spiro atoms. The number of hydrogen-bond acceptors (Lipinski definition) is 6. The third-order valence-electron chi connectivity index (χ3n) is 5.11. The summed E-state index contributed by atoms with van der Waals surface area (Å²) in [6.45, 7) is 4.13. The zero-order valence-corrected chi connectivity index (χ0v) is 15.6. The Kier molecular flexibility index (Phi) is 4.25. The van der Waals surface area contributed by atoms with Gasteiger partial charge in [0.2, 0.25) is 5.89 Å². The van der Waals surface area contributed by atoms with Crippen LogP contribution < -0.4 is 0 Å². The Hall–Kier alpha value is -3.25. The summed E-state index contributed by atoms with van der Waals surface area (Å²) in [4.78, 5) is 6.61. The zero-order valence-electron chi connectivity index (χ0n) is 15.6. The molecule has 28 heavy (non-hydrogen) atoms. The molecule has 0 saturated carbocycles. The van der Waals surface area contributed by atoms with Gasteiger partial charge in [0.15, 0.2) is 5.82 Å². The lowest BCUT2D eigenvalue weighted by atomic mass is 9.99. The second-order valence-corrected chi connectivity index (χ2v) is 7.07. The topological polar surface area (TPSA) is 68.2 Å². The van der Waals surface area contributed by atoms with Crippen molar-refractivity contribution in [3.8, 4) is 22.4 Å². The normalized spacial score (nSPS) is 14.2. The van der Waals surface area contributed by atoms with E-state index in [4.69, 9.17) is 9.05 Å². The van der Waals surface area contributed by atoms with Crippen LogP contribution >= 0.6 is 0 Å². The number of rotatable bonds is 4. The van der Waals surface area contributed by atoms with Crippen molar-refractivity contribution in [1.82, 2.24) is 20.2 Å². The molecule has 0 fully saturated rings. The van der Waals surface area contributed by atoms with Crippen LogP contribution in [0, 0.1) is 6.92 Å². The molecule has 0 saturated heterocycles. The lowest BCUT2D eigenvalue weighted by Crippen LogP contribution is -2.30. The van der Waals surface area contributed by atoms with Gasteiger partial charge in [0.05, 0.1) is 6.54 Å². The second kappa shape index (κ2) is 7.05. The molecule has 0 unspecified atom stereocenters. The third-order valence-corrected chi connectivity index (χ3v) is 5.11. The number of aryl methyl sites for hydroxylation is 1. The van der Waals surface area contributed by atoms with Gasteiger partial charge in [-0.1, -0.05) is 64.9 Å². The summed E-state index contributed by atoms with van der Waals surface area (Å²) in [7, 11) is 0. The fourth-order valence-electron chi connectivity index (χ4n) is 3.68. The largest absolute Gasteiger partial charge is 0.360 e. The predicted octanol–water partition coefficient (Wildman–Crippen LogP) is 4.26. The fraction of sp³-hybridized carbons (Fsp3) is 0.227. The minimum atomic E-state index is 0.594. The molecular weight excluding hydrogens is 352 g/mol. The molecule has 4 aromatic rings. The third kappa shape index (κ3) is 3.23. The molecule has 0 radical (unpaired) electrons. The molecule has 6 heteroatoms. The highest BCUT2D eigenvalue weighted by Crippen LogP contribution is 2.31. The number of benzene rings is 2. The van der Waals surface area contributed by atoms with E-state index in [1.54, 1.807) is 0 Å². The molecule has 0 N–H and O–H groups in total. The van der Waals surface area contributed by atoms with Crippen LogP contribution in [0.5, 0.6) is 0 Å². The van der Waals surface area contributed by atoms with Gasteiger partial charge in [-0.15, -0.1) is 0 Å². The molecule has 0 bridgehead atoms. The van der Waals surface area contributed by atoms with Gasteiger partial charge in [-0.2, -0.15) is 4.98 Å². The van der Waals surface area contributed by atoms with E-state index < -0.39 is 0 Å². The minimum absolute atomic E-state index is 0.594. The van der Waals surface area contributed by atoms with Gasteiger partial charge >= 0.3 is 0 Å². The summed E-state index contributed by atoms with van der Waals surface area (Å²) in [6.07, 6.45) is 0.835. The number of aromatic nitrogens is 3. The first-order valence-electron chi connectivity index (χ1n) is 9.41. The van der Waals surface area contributed by atoms with E-state index in [1.807, 2.05) is 13.0 Å². The average molecular weight is 372 g/mol. The van der Waals surface area contributed by atoms with Gasteiger partial charge in [0, 0.05) is 37.6 Å². The summed E-state index contributed by atoms with van der Waals surface area (Å²) in [5, 5.41) is 8.37. The summed E-state index contributed by atoms with van der Waals surface area (Å²) in [5.41, 5.74) is 5.54. The molecule has 6 nitrogen and oxygen atoms in total. The van der Waals surface area contributed by atoms with Gasteiger partial charge in [-0.3, -0.25) is 4.90 Å². The van der Waals surface area contributed by atoms with Gasteiger partial charge in [-0.05, 0) is 11.1 Å². The van der Waals surface area contributed by atoms with E-state index in [-0.39, 0.29) is 0 Å². The van der Waals surface area contributed by atoms with Crippen LogP contribution in [0.2, 0.25) is 0 Å². The van der Waals surface area contributed by atoms with Crippen LogP contribution in [-0.4, -0.2) is 26.7 Å². The maximum atomic E-state index is 5.63. The molecule has 0 aliphatic carbocycles. The Bertz CT molecular complexity index is 1080. The van der Waals surface area contributed by atoms with Gasteiger partial charge in [0.25, 0.3) is 0 Å². The van der Waals surface area contributed by atoms with Gasteiger partial charge in [-0.25, -0.2) is 0 Å². The lowest BCUT2D eigenvalue weighted by Gasteiger charge is -2.24. The Morgan fingerprint density at radius 2 is 1.64 bits per heavy atom. The Balaban J connectivity index is 1.38. The average Bonchev–Trinajstić information content (AvgIpc) is 3.34. The Morgan fingerprint density at radius 1 is 0.893 bits per heavy atom. The van der Waals surface area contributed by atoms with E-state index in [9.17, 15) is 0 Å². The van der Waals surface area contributed by atoms with Crippen LogP contribution in [-0.2, 0) is 19.5 Å². The number of nitrogens with zero attached hydrogens (tertiary/aromatic N) is 4. The lowest BCUT2D eigenvalue weighted by molar-refractivity contribution is 0.220. The first kappa shape index (κ1) is 16.9. The highest BCUT2D eigenvalue weighted by atomic mass is 16.5. The maximum Gasteiger partial charge on any atom is 0.223 e. The van der Waals surface area contributed by atoms with Crippen LogP contribution in [0.3, 0.4) is 0 Å². The fourth-order valence-corrected chi connectivity index (χ4v) is 3.68. The molecule has 2 aromatic carbocycles. The first-order valence-corrected chi connectivity index (χ1v) is 9.41. The molecule has 0 amide bonds. The maximum absolute atomic E-state index is 5.63. The minimum Gasteiger partial charge on any atom is -0.360 e. The molecule has 1 aliphatic rings. The monoisotopic (exact) mass is 372 g/mol. The van der Waals surface area contributed by atoms with E-state index in [2.05, 4.69) is 68.7 Å². The van der Waals surface area contributed by atoms with Gasteiger partial charge < -0.3 is 9.05 Å². The van der Waals surface area contributed by atoms with Crippen molar-refractivity contribution in [1.29, 1.82) is 0 Å². The van der Waals surface area contributed by atoms with Gasteiger partial charge in [0.1, 0.15) is 11.5 Å². The summed E-state index contributed by atoms with van der Waals surface area (Å²) in [6, 6.07) is 18.9. The van der Waals surface area contributed by atoms with Crippen LogP contribution in [0.4, 0.5) is 0 Å². The van der Waals surface area contributed by atoms with Crippen LogP contribution in [0.1, 0.15) is 23.0 Å². The molecule has 1 aliphatic heterocycles. The Morgan fingerprint density at radius 3 is 2.39 bits per heavy atom.